The quantitative estimate of drug-likeness (QED) is 0.753. The normalized spacial score (nSPS) is 12.3. The van der Waals surface area contributed by atoms with Gasteiger partial charge in [0, 0.05) is 0 Å². The molecular formula is C16H19ClN2O2. The molecule has 0 aliphatic heterocycles. The molecule has 0 fully saturated rings. The fraction of sp³-hybridized carbons (Fsp3) is 0.438. The standard InChI is InChI=1S/C16H19ClN2O2/c1-3-5-8-11(16(20)21-4-2)14-15(17)19-13-10-7-6-9-12(13)18-14/h6-7,9-11H,3-5,8H2,1-2H3. The summed E-state index contributed by atoms with van der Waals surface area (Å²) in [6.45, 7) is 4.22. The van der Waals surface area contributed by atoms with E-state index in [4.69, 9.17) is 16.3 Å². The maximum atomic E-state index is 12.2. The Bertz CT molecular complexity index is 631. The van der Waals surface area contributed by atoms with E-state index in [1.165, 1.54) is 0 Å². The van der Waals surface area contributed by atoms with Crippen molar-refractivity contribution in [3.8, 4) is 0 Å². The fourth-order valence-corrected chi connectivity index (χ4v) is 2.50. The van der Waals surface area contributed by atoms with E-state index in [-0.39, 0.29) is 11.1 Å². The zero-order chi connectivity index (χ0) is 15.2. The molecule has 1 aromatic carbocycles. The molecule has 5 heteroatoms. The summed E-state index contributed by atoms with van der Waals surface area (Å²) in [4.78, 5) is 21.1. The summed E-state index contributed by atoms with van der Waals surface area (Å²) in [5, 5.41) is 0.280. The van der Waals surface area contributed by atoms with Gasteiger partial charge in [0.2, 0.25) is 0 Å². The van der Waals surface area contributed by atoms with Gasteiger partial charge in [0.15, 0.2) is 5.15 Å². The van der Waals surface area contributed by atoms with Gasteiger partial charge >= 0.3 is 5.97 Å². The van der Waals surface area contributed by atoms with Crippen LogP contribution >= 0.6 is 11.6 Å². The van der Waals surface area contributed by atoms with E-state index in [1.54, 1.807) is 6.92 Å². The van der Waals surface area contributed by atoms with E-state index < -0.39 is 5.92 Å². The van der Waals surface area contributed by atoms with Gasteiger partial charge in [0.05, 0.1) is 23.3 Å². The summed E-state index contributed by atoms with van der Waals surface area (Å²) in [6.07, 6.45) is 2.57. The first-order chi connectivity index (χ1) is 10.2. The molecule has 0 radical (unpaired) electrons. The van der Waals surface area contributed by atoms with Crippen molar-refractivity contribution in [3.63, 3.8) is 0 Å². The van der Waals surface area contributed by atoms with E-state index in [1.807, 2.05) is 24.3 Å². The summed E-state index contributed by atoms with van der Waals surface area (Å²) < 4.78 is 5.16. The second-order valence-electron chi connectivity index (χ2n) is 4.84. The molecule has 0 aliphatic rings. The Hall–Kier alpha value is -1.68. The summed E-state index contributed by atoms with van der Waals surface area (Å²) in [6, 6.07) is 7.49. The molecule has 0 aliphatic carbocycles. The molecule has 1 unspecified atom stereocenters. The molecule has 2 aromatic rings. The van der Waals surface area contributed by atoms with Crippen molar-refractivity contribution >= 4 is 28.6 Å². The lowest BCUT2D eigenvalue weighted by atomic mass is 9.98. The Kier molecular flexibility index (Phi) is 5.51. The van der Waals surface area contributed by atoms with Gasteiger partial charge in [-0.3, -0.25) is 4.79 Å². The zero-order valence-corrected chi connectivity index (χ0v) is 13.1. The minimum absolute atomic E-state index is 0.280. The van der Waals surface area contributed by atoms with Gasteiger partial charge in [-0.25, -0.2) is 9.97 Å². The number of nitrogens with zero attached hydrogens (tertiary/aromatic N) is 2. The van der Waals surface area contributed by atoms with Crippen LogP contribution in [0, 0.1) is 0 Å². The number of para-hydroxylation sites is 2. The Morgan fingerprint density at radius 2 is 1.90 bits per heavy atom. The van der Waals surface area contributed by atoms with Crippen LogP contribution in [0.25, 0.3) is 11.0 Å². The highest BCUT2D eigenvalue weighted by molar-refractivity contribution is 6.30. The number of esters is 1. The first-order valence-electron chi connectivity index (χ1n) is 7.26. The van der Waals surface area contributed by atoms with Gasteiger partial charge in [-0.2, -0.15) is 0 Å². The number of hydrogen-bond acceptors (Lipinski definition) is 4. The first-order valence-corrected chi connectivity index (χ1v) is 7.64. The highest BCUT2D eigenvalue weighted by Crippen LogP contribution is 2.29. The molecule has 4 nitrogen and oxygen atoms in total. The smallest absolute Gasteiger partial charge is 0.315 e. The van der Waals surface area contributed by atoms with Crippen molar-refractivity contribution < 1.29 is 9.53 Å². The topological polar surface area (TPSA) is 52.1 Å². The third-order valence-corrected chi connectivity index (χ3v) is 3.58. The zero-order valence-electron chi connectivity index (χ0n) is 12.3. The second kappa shape index (κ2) is 7.36. The van der Waals surface area contributed by atoms with Gasteiger partial charge in [-0.05, 0) is 25.5 Å². The SMILES string of the molecule is CCCCC(C(=O)OCC)c1nc2ccccc2nc1Cl. The maximum absolute atomic E-state index is 12.2. The maximum Gasteiger partial charge on any atom is 0.315 e. The number of aromatic nitrogens is 2. The van der Waals surface area contributed by atoms with Crippen LogP contribution < -0.4 is 0 Å². The molecule has 1 atom stereocenters. The minimum atomic E-state index is -0.450. The van der Waals surface area contributed by atoms with Gasteiger partial charge in [0.25, 0.3) is 0 Å². The van der Waals surface area contributed by atoms with Crippen molar-refractivity contribution in [2.45, 2.75) is 39.0 Å². The average molecular weight is 307 g/mol. The van der Waals surface area contributed by atoms with Gasteiger partial charge in [-0.1, -0.05) is 43.5 Å². The van der Waals surface area contributed by atoms with Gasteiger partial charge in [-0.15, -0.1) is 0 Å². The van der Waals surface area contributed by atoms with Crippen LogP contribution in [-0.4, -0.2) is 22.5 Å². The number of carbonyl (C=O) groups is 1. The predicted molar refractivity (Wildman–Crippen MR) is 83.4 cm³/mol. The van der Waals surface area contributed by atoms with Crippen LogP contribution in [-0.2, 0) is 9.53 Å². The summed E-state index contributed by atoms with van der Waals surface area (Å²) in [7, 11) is 0. The van der Waals surface area contributed by atoms with Crippen molar-refractivity contribution in [3.05, 3.63) is 35.1 Å². The molecule has 1 heterocycles. The molecule has 0 N–H and O–H groups in total. The van der Waals surface area contributed by atoms with Gasteiger partial charge in [0.1, 0.15) is 5.92 Å². The average Bonchev–Trinajstić information content (AvgIpc) is 2.48. The number of unbranched alkanes of at least 4 members (excludes halogenated alkanes) is 1. The third-order valence-electron chi connectivity index (χ3n) is 3.30. The molecule has 0 spiro atoms. The Morgan fingerprint density at radius 1 is 1.24 bits per heavy atom. The molecule has 21 heavy (non-hydrogen) atoms. The lowest BCUT2D eigenvalue weighted by Crippen LogP contribution is -2.18. The number of benzene rings is 1. The van der Waals surface area contributed by atoms with Crippen LogP contribution in [0.15, 0.2) is 24.3 Å². The Labute approximate surface area is 129 Å². The fourth-order valence-electron chi connectivity index (χ4n) is 2.23. The van der Waals surface area contributed by atoms with Crippen LogP contribution in [0.4, 0.5) is 0 Å². The first kappa shape index (κ1) is 15.7. The van der Waals surface area contributed by atoms with Crippen molar-refractivity contribution in [2.24, 2.45) is 0 Å². The van der Waals surface area contributed by atoms with E-state index >= 15 is 0 Å². The highest BCUT2D eigenvalue weighted by Gasteiger charge is 2.26. The number of ether oxygens (including phenoxy) is 1. The molecule has 2 rings (SSSR count). The van der Waals surface area contributed by atoms with E-state index in [0.29, 0.717) is 18.7 Å². The molecule has 1 aromatic heterocycles. The predicted octanol–water partition coefficient (Wildman–Crippen LogP) is 4.12. The lowest BCUT2D eigenvalue weighted by molar-refractivity contribution is -0.145. The largest absolute Gasteiger partial charge is 0.465 e. The highest BCUT2D eigenvalue weighted by atomic mass is 35.5. The monoisotopic (exact) mass is 306 g/mol. The van der Waals surface area contributed by atoms with E-state index in [9.17, 15) is 4.79 Å². The lowest BCUT2D eigenvalue weighted by Gasteiger charge is -2.16. The number of fused-ring (bicyclic) bond motifs is 1. The summed E-state index contributed by atoms with van der Waals surface area (Å²) in [5.41, 5.74) is 1.98. The molecule has 112 valence electrons. The van der Waals surface area contributed by atoms with Gasteiger partial charge < -0.3 is 4.74 Å². The molecule has 0 bridgehead atoms. The molecule has 0 saturated heterocycles. The second-order valence-corrected chi connectivity index (χ2v) is 5.19. The molecular weight excluding hydrogens is 288 g/mol. The van der Waals surface area contributed by atoms with Crippen LogP contribution in [0.1, 0.15) is 44.7 Å². The van der Waals surface area contributed by atoms with E-state index in [0.717, 1.165) is 23.9 Å². The van der Waals surface area contributed by atoms with Crippen LogP contribution in [0.3, 0.4) is 0 Å². The third kappa shape index (κ3) is 3.70. The summed E-state index contributed by atoms with van der Waals surface area (Å²) in [5.74, 6) is -0.730. The van der Waals surface area contributed by atoms with E-state index in [2.05, 4.69) is 16.9 Å². The number of carbonyl (C=O) groups excluding carboxylic acids is 1. The molecule has 0 amide bonds. The van der Waals surface area contributed by atoms with Crippen LogP contribution in [0.2, 0.25) is 5.15 Å². The van der Waals surface area contributed by atoms with Crippen molar-refractivity contribution in [1.82, 2.24) is 9.97 Å². The number of hydrogen-bond donors (Lipinski definition) is 0. The van der Waals surface area contributed by atoms with Crippen LogP contribution in [0.5, 0.6) is 0 Å². The number of rotatable bonds is 6. The van der Waals surface area contributed by atoms with Crippen molar-refractivity contribution in [2.75, 3.05) is 6.61 Å². The van der Waals surface area contributed by atoms with Crippen molar-refractivity contribution in [1.29, 1.82) is 0 Å². The Balaban J connectivity index is 2.42. The molecule has 0 saturated carbocycles. The Morgan fingerprint density at radius 3 is 2.52 bits per heavy atom. The number of halogens is 1. The minimum Gasteiger partial charge on any atom is -0.465 e. The summed E-state index contributed by atoms with van der Waals surface area (Å²) >= 11 is 6.24.